The first-order valence-electron chi connectivity index (χ1n) is 7.75. The van der Waals surface area contributed by atoms with Crippen LogP contribution in [-0.4, -0.2) is 17.0 Å². The Morgan fingerprint density at radius 3 is 2.68 bits per heavy atom. The minimum atomic E-state index is -0.474. The Morgan fingerprint density at radius 2 is 1.95 bits per heavy atom. The molecule has 0 amide bonds. The van der Waals surface area contributed by atoms with E-state index in [2.05, 4.69) is 12.2 Å². The zero-order valence-corrected chi connectivity index (χ0v) is 12.1. The molecule has 5 nitrogen and oxygen atoms in total. The third-order valence-electron chi connectivity index (χ3n) is 5.51. The number of ether oxygens (including phenoxy) is 1. The van der Waals surface area contributed by atoms with E-state index in [0.29, 0.717) is 29.2 Å². The van der Waals surface area contributed by atoms with Crippen molar-refractivity contribution < 1.29 is 14.5 Å². The molecule has 1 aromatic rings. The van der Waals surface area contributed by atoms with Gasteiger partial charge in [0.2, 0.25) is 0 Å². The summed E-state index contributed by atoms with van der Waals surface area (Å²) < 4.78 is 5.70. The fourth-order valence-corrected chi connectivity index (χ4v) is 4.56. The van der Waals surface area contributed by atoms with Crippen molar-refractivity contribution in [2.75, 3.05) is 0 Å². The predicted octanol–water partition coefficient (Wildman–Crippen LogP) is 3.35. The summed E-state index contributed by atoms with van der Waals surface area (Å²) in [4.78, 5) is 22.4. The number of carbonyl (C=O) groups excluding carboxylic acids is 1. The normalized spacial score (nSPS) is 34.6. The summed E-state index contributed by atoms with van der Waals surface area (Å²) in [6.45, 7) is 0. The summed E-state index contributed by atoms with van der Waals surface area (Å²) in [6.07, 6.45) is 7.83. The summed E-state index contributed by atoms with van der Waals surface area (Å²) in [6, 6.07) is 5.61. The van der Waals surface area contributed by atoms with Gasteiger partial charge in [-0.1, -0.05) is 12.2 Å². The summed E-state index contributed by atoms with van der Waals surface area (Å²) >= 11 is 0. The van der Waals surface area contributed by atoms with Crippen molar-refractivity contribution in [3.63, 3.8) is 0 Å². The van der Waals surface area contributed by atoms with Crippen molar-refractivity contribution in [2.45, 2.75) is 25.4 Å². The lowest BCUT2D eigenvalue weighted by Crippen LogP contribution is -2.32. The van der Waals surface area contributed by atoms with Gasteiger partial charge in [-0.05, 0) is 55.1 Å². The van der Waals surface area contributed by atoms with Crippen molar-refractivity contribution in [1.29, 1.82) is 0 Å². The molecule has 114 valence electrons. The van der Waals surface area contributed by atoms with Crippen LogP contribution in [0.15, 0.2) is 36.4 Å². The Hall–Kier alpha value is -2.17. The van der Waals surface area contributed by atoms with Gasteiger partial charge in [-0.3, -0.25) is 10.1 Å². The molecule has 1 aromatic carbocycles. The second kappa shape index (κ2) is 4.93. The van der Waals surface area contributed by atoms with Crippen LogP contribution in [0.4, 0.5) is 5.69 Å². The molecule has 0 spiro atoms. The Bertz CT molecular complexity index is 651. The van der Waals surface area contributed by atoms with Gasteiger partial charge in [0.1, 0.15) is 6.10 Å². The van der Waals surface area contributed by atoms with Crippen LogP contribution in [0.5, 0.6) is 0 Å². The molecule has 3 aliphatic carbocycles. The molecule has 2 bridgehead atoms. The van der Waals surface area contributed by atoms with Crippen molar-refractivity contribution >= 4 is 11.7 Å². The maximum Gasteiger partial charge on any atom is 0.338 e. The molecule has 5 heteroatoms. The van der Waals surface area contributed by atoms with Gasteiger partial charge in [0, 0.05) is 12.1 Å². The fraction of sp³-hybridized carbons (Fsp3) is 0.471. The quantitative estimate of drug-likeness (QED) is 0.371. The van der Waals surface area contributed by atoms with Crippen LogP contribution in [0.3, 0.4) is 0 Å². The van der Waals surface area contributed by atoms with Crippen molar-refractivity contribution in [3.05, 3.63) is 52.1 Å². The Kier molecular flexibility index (Phi) is 3.03. The highest BCUT2D eigenvalue weighted by molar-refractivity contribution is 5.89. The van der Waals surface area contributed by atoms with Crippen LogP contribution in [0, 0.1) is 33.8 Å². The van der Waals surface area contributed by atoms with Gasteiger partial charge in [-0.15, -0.1) is 0 Å². The van der Waals surface area contributed by atoms with Gasteiger partial charge in [-0.2, -0.15) is 0 Å². The van der Waals surface area contributed by atoms with Crippen LogP contribution < -0.4 is 0 Å². The third kappa shape index (κ3) is 2.03. The third-order valence-corrected chi connectivity index (χ3v) is 5.51. The summed E-state index contributed by atoms with van der Waals surface area (Å²) in [5.41, 5.74) is 0.366. The van der Waals surface area contributed by atoms with E-state index in [0.717, 1.165) is 19.3 Å². The second-order valence-corrected chi connectivity index (χ2v) is 6.55. The molecule has 4 rings (SSSR count). The number of non-ortho nitro benzene ring substituents is 1. The highest BCUT2D eigenvalue weighted by Crippen LogP contribution is 2.57. The standard InChI is InChI=1S/C17H17NO4/c19-17(10-4-6-12(7-5-10)18(20)21)22-16-9-11-8-15(16)14-3-1-2-13(11)14/h1-2,4-7,11,13-16H,3,8-9H2/t11-,13+,14-,15+,16+/m0/s1. The van der Waals surface area contributed by atoms with E-state index in [1.807, 2.05) is 0 Å². The van der Waals surface area contributed by atoms with Crippen molar-refractivity contribution in [1.82, 2.24) is 0 Å². The van der Waals surface area contributed by atoms with Crippen LogP contribution >= 0.6 is 0 Å². The van der Waals surface area contributed by atoms with E-state index in [4.69, 9.17) is 4.74 Å². The van der Waals surface area contributed by atoms with E-state index in [-0.39, 0.29) is 17.8 Å². The number of nitro benzene ring substituents is 1. The van der Waals surface area contributed by atoms with E-state index in [1.54, 1.807) is 0 Å². The molecule has 0 aliphatic heterocycles. The number of rotatable bonds is 3. The molecule has 22 heavy (non-hydrogen) atoms. The largest absolute Gasteiger partial charge is 0.458 e. The number of carbonyl (C=O) groups is 1. The summed E-state index contributed by atoms with van der Waals surface area (Å²) in [5, 5.41) is 10.6. The topological polar surface area (TPSA) is 69.4 Å². The molecule has 0 unspecified atom stereocenters. The number of fused-ring (bicyclic) bond motifs is 5. The van der Waals surface area contributed by atoms with E-state index >= 15 is 0 Å². The number of hydrogen-bond donors (Lipinski definition) is 0. The highest BCUT2D eigenvalue weighted by Gasteiger charge is 2.53. The minimum absolute atomic E-state index is 0.00819. The maximum absolute atomic E-state index is 12.2. The lowest BCUT2D eigenvalue weighted by atomic mass is 9.80. The Labute approximate surface area is 128 Å². The van der Waals surface area contributed by atoms with Crippen LogP contribution in [-0.2, 0) is 4.74 Å². The molecule has 0 radical (unpaired) electrons. The monoisotopic (exact) mass is 299 g/mol. The molecule has 3 aliphatic rings. The lowest BCUT2D eigenvalue weighted by Gasteiger charge is -2.31. The first-order valence-corrected chi connectivity index (χ1v) is 7.75. The highest BCUT2D eigenvalue weighted by atomic mass is 16.6. The first-order chi connectivity index (χ1) is 10.6. The fourth-order valence-electron chi connectivity index (χ4n) is 4.56. The molecule has 2 fully saturated rings. The van der Waals surface area contributed by atoms with E-state index < -0.39 is 4.92 Å². The van der Waals surface area contributed by atoms with Gasteiger partial charge < -0.3 is 4.74 Å². The average molecular weight is 299 g/mol. The van der Waals surface area contributed by atoms with E-state index in [1.165, 1.54) is 24.3 Å². The van der Waals surface area contributed by atoms with Crippen LogP contribution in [0.1, 0.15) is 29.6 Å². The number of nitrogens with zero attached hydrogens (tertiary/aromatic N) is 1. The zero-order chi connectivity index (χ0) is 15.3. The first kappa shape index (κ1) is 13.5. The molecule has 2 saturated carbocycles. The SMILES string of the molecule is O=C(O[C@@H]1C[C@@H]2C[C@@H]1[C@H]1CC=C[C@H]21)c1ccc([N+](=O)[O-])cc1. The number of nitro groups is 1. The number of benzene rings is 1. The van der Waals surface area contributed by atoms with Gasteiger partial charge in [0.15, 0.2) is 0 Å². The number of hydrogen-bond acceptors (Lipinski definition) is 4. The van der Waals surface area contributed by atoms with Gasteiger partial charge >= 0.3 is 5.97 Å². The van der Waals surface area contributed by atoms with Crippen molar-refractivity contribution in [2.24, 2.45) is 23.7 Å². The maximum atomic E-state index is 12.2. The molecular weight excluding hydrogens is 282 g/mol. The molecule has 0 heterocycles. The average Bonchev–Trinajstić information content (AvgIpc) is 3.19. The zero-order valence-electron chi connectivity index (χ0n) is 12.1. The van der Waals surface area contributed by atoms with Gasteiger partial charge in [0.05, 0.1) is 10.5 Å². The van der Waals surface area contributed by atoms with Gasteiger partial charge in [0.25, 0.3) is 5.69 Å². The van der Waals surface area contributed by atoms with Gasteiger partial charge in [-0.25, -0.2) is 4.79 Å². The van der Waals surface area contributed by atoms with E-state index in [9.17, 15) is 14.9 Å². The second-order valence-electron chi connectivity index (χ2n) is 6.55. The Morgan fingerprint density at radius 1 is 1.18 bits per heavy atom. The number of allylic oxidation sites excluding steroid dienone is 2. The molecule has 5 atom stereocenters. The lowest BCUT2D eigenvalue weighted by molar-refractivity contribution is -0.384. The molecule has 0 aromatic heterocycles. The molecule has 0 saturated heterocycles. The van der Waals surface area contributed by atoms with Crippen LogP contribution in [0.25, 0.3) is 0 Å². The smallest absolute Gasteiger partial charge is 0.338 e. The minimum Gasteiger partial charge on any atom is -0.458 e. The van der Waals surface area contributed by atoms with Crippen molar-refractivity contribution in [3.8, 4) is 0 Å². The molecular formula is C17H17NO4. The summed E-state index contributed by atoms with van der Waals surface area (Å²) in [7, 11) is 0. The Balaban J connectivity index is 1.44. The predicted molar refractivity (Wildman–Crippen MR) is 79.3 cm³/mol. The summed E-state index contributed by atoms with van der Waals surface area (Å²) in [5.74, 6) is 2.11. The number of esters is 1. The van der Waals surface area contributed by atoms with Crippen LogP contribution in [0.2, 0.25) is 0 Å². The molecule has 0 N–H and O–H groups in total.